The molecule has 0 heterocycles. The Morgan fingerprint density at radius 1 is 1.05 bits per heavy atom. The summed E-state index contributed by atoms with van der Waals surface area (Å²) in [6, 6.07) is 12.1. The number of anilines is 1. The number of hydrogen-bond acceptors (Lipinski definition) is 6. The van der Waals surface area contributed by atoms with Crippen LogP contribution >= 0.6 is 0 Å². The number of aromatic hydroxyl groups is 1. The van der Waals surface area contributed by atoms with Crippen molar-refractivity contribution < 1.29 is 27.6 Å². The van der Waals surface area contributed by atoms with E-state index in [1.165, 1.54) is 31.4 Å². The molecule has 2 aromatic carbocycles. The number of benzene rings is 2. The summed E-state index contributed by atoms with van der Waals surface area (Å²) in [5.41, 5.74) is 5.75. The first-order valence-electron chi connectivity index (χ1n) is 5.78. The van der Waals surface area contributed by atoms with Crippen LogP contribution in [0.25, 0.3) is 0 Å². The lowest BCUT2D eigenvalue weighted by atomic mass is 10.3. The largest absolute Gasteiger partial charge is 0.504 e. The molecule has 0 saturated carbocycles. The van der Waals surface area contributed by atoms with Crippen molar-refractivity contribution in [2.24, 2.45) is 0 Å². The summed E-state index contributed by atoms with van der Waals surface area (Å²) in [7, 11) is -2.55. The van der Waals surface area contributed by atoms with E-state index in [0.29, 0.717) is 11.4 Å². The Morgan fingerprint density at radius 3 is 1.91 bits per heavy atom. The van der Waals surface area contributed by atoms with Crippen molar-refractivity contribution in [2.75, 3.05) is 12.8 Å². The van der Waals surface area contributed by atoms with Crippen molar-refractivity contribution in [1.29, 1.82) is 0 Å². The third kappa shape index (κ3) is 6.73. The number of carbonyl (C=O) groups excluding carboxylic acids is 1. The molecule has 4 N–H and O–H groups in total. The van der Waals surface area contributed by atoms with Crippen molar-refractivity contribution >= 4 is 22.6 Å². The zero-order valence-electron chi connectivity index (χ0n) is 11.8. The molecule has 0 spiro atoms. The van der Waals surface area contributed by atoms with E-state index in [4.69, 9.17) is 24.9 Å². The summed E-state index contributed by atoms with van der Waals surface area (Å²) in [6.07, 6.45) is 0. The van der Waals surface area contributed by atoms with Crippen molar-refractivity contribution in [3.8, 4) is 11.5 Å². The van der Waals surface area contributed by atoms with Gasteiger partial charge in [-0.1, -0.05) is 12.1 Å². The van der Waals surface area contributed by atoms with Crippen LogP contribution in [0.4, 0.5) is 5.69 Å². The van der Waals surface area contributed by atoms with E-state index >= 15 is 0 Å². The van der Waals surface area contributed by atoms with Crippen molar-refractivity contribution in [3.05, 3.63) is 48.5 Å². The summed E-state index contributed by atoms with van der Waals surface area (Å²) in [5.74, 6) is 0.692. The quantitative estimate of drug-likeness (QED) is 0.566. The van der Waals surface area contributed by atoms with E-state index < -0.39 is 10.1 Å². The highest BCUT2D eigenvalue weighted by Crippen LogP contribution is 2.23. The lowest BCUT2D eigenvalue weighted by Gasteiger charge is -1.99. The predicted octanol–water partition coefficient (Wildman–Crippen LogP) is 1.73. The molecule has 0 saturated heterocycles. The van der Waals surface area contributed by atoms with Crippen LogP contribution in [-0.4, -0.2) is 32.0 Å². The molecule has 0 aromatic heterocycles. The second-order valence-electron chi connectivity index (χ2n) is 3.72. The average molecular weight is 327 g/mol. The summed E-state index contributed by atoms with van der Waals surface area (Å²) in [6.45, 7) is 2.00. The van der Waals surface area contributed by atoms with Gasteiger partial charge in [-0.05, 0) is 36.4 Å². The average Bonchev–Trinajstić information content (AvgIpc) is 2.50. The molecule has 0 bridgehead atoms. The van der Waals surface area contributed by atoms with Gasteiger partial charge >= 0.3 is 0 Å². The van der Waals surface area contributed by atoms with Crippen LogP contribution in [0.3, 0.4) is 0 Å². The third-order valence-electron chi connectivity index (χ3n) is 2.26. The summed E-state index contributed by atoms with van der Waals surface area (Å²) in [4.78, 5) is 7.85. The van der Waals surface area contributed by atoms with Gasteiger partial charge in [0.25, 0.3) is 10.1 Å². The van der Waals surface area contributed by atoms with E-state index in [0.717, 1.165) is 0 Å². The lowest BCUT2D eigenvalue weighted by Crippen LogP contribution is -1.97. The van der Waals surface area contributed by atoms with E-state index in [1.54, 1.807) is 24.3 Å². The van der Waals surface area contributed by atoms with Gasteiger partial charge in [0.15, 0.2) is 11.5 Å². The van der Waals surface area contributed by atoms with Gasteiger partial charge in [0, 0.05) is 5.69 Å². The number of ether oxygens (including phenoxy) is 1. The number of para-hydroxylation sites is 2. The maximum Gasteiger partial charge on any atom is 0.294 e. The third-order valence-corrected chi connectivity index (χ3v) is 3.13. The van der Waals surface area contributed by atoms with Crippen LogP contribution in [0.15, 0.2) is 53.4 Å². The number of carbonyl (C=O) groups is 1. The van der Waals surface area contributed by atoms with E-state index in [-0.39, 0.29) is 10.6 Å². The Kier molecular flexibility index (Phi) is 8.27. The summed E-state index contributed by atoms with van der Waals surface area (Å²) >= 11 is 0. The minimum atomic E-state index is -4.08. The van der Waals surface area contributed by atoms with Gasteiger partial charge in [-0.15, -0.1) is 0 Å². The van der Waals surface area contributed by atoms with Gasteiger partial charge in [-0.3, -0.25) is 4.55 Å². The molecule has 0 aliphatic carbocycles. The Balaban J connectivity index is 0.000000366. The Hall–Kier alpha value is -2.58. The molecule has 22 heavy (non-hydrogen) atoms. The predicted molar refractivity (Wildman–Crippen MR) is 82.4 cm³/mol. The standard InChI is InChI=1S/C7H8O2.C6H7NO3S.CH2O/c1-9-7-5-3-2-4-6(7)8;7-5-1-3-6(4-2-5)11(8,9)10;1-2/h2-5,8H,1H3;1-4H,7H2,(H,8,9,10);1H2. The zero-order valence-corrected chi connectivity index (χ0v) is 12.7. The maximum atomic E-state index is 10.5. The smallest absolute Gasteiger partial charge is 0.294 e. The molecule has 0 aliphatic rings. The molecule has 0 unspecified atom stereocenters. The first-order chi connectivity index (χ1) is 10.3. The number of hydrogen-bond donors (Lipinski definition) is 3. The second-order valence-corrected chi connectivity index (χ2v) is 5.14. The van der Waals surface area contributed by atoms with E-state index in [1.807, 2.05) is 6.79 Å². The van der Waals surface area contributed by atoms with Gasteiger partial charge < -0.3 is 20.4 Å². The van der Waals surface area contributed by atoms with Crippen molar-refractivity contribution in [2.45, 2.75) is 4.90 Å². The van der Waals surface area contributed by atoms with Crippen molar-refractivity contribution in [1.82, 2.24) is 0 Å². The van der Waals surface area contributed by atoms with E-state index in [2.05, 4.69) is 0 Å². The first-order valence-corrected chi connectivity index (χ1v) is 7.22. The minimum Gasteiger partial charge on any atom is -0.504 e. The van der Waals surface area contributed by atoms with Gasteiger partial charge in [0.05, 0.1) is 12.0 Å². The van der Waals surface area contributed by atoms with Crippen LogP contribution in [0.1, 0.15) is 0 Å². The highest BCUT2D eigenvalue weighted by Gasteiger charge is 2.06. The highest BCUT2D eigenvalue weighted by atomic mass is 32.2. The molecule has 7 nitrogen and oxygen atoms in total. The van der Waals surface area contributed by atoms with Gasteiger partial charge in [-0.2, -0.15) is 8.42 Å². The van der Waals surface area contributed by atoms with Crippen LogP contribution in [0, 0.1) is 0 Å². The fourth-order valence-corrected chi connectivity index (χ4v) is 1.75. The summed E-state index contributed by atoms with van der Waals surface area (Å²) < 4.78 is 34.2. The van der Waals surface area contributed by atoms with Crippen LogP contribution in [0.2, 0.25) is 0 Å². The maximum absolute atomic E-state index is 10.5. The monoisotopic (exact) mass is 327 g/mol. The normalized spacial score (nSPS) is 9.55. The Morgan fingerprint density at radius 2 is 1.55 bits per heavy atom. The molecule has 0 aliphatic heterocycles. The van der Waals surface area contributed by atoms with Gasteiger partial charge in [0.1, 0.15) is 6.79 Å². The highest BCUT2D eigenvalue weighted by molar-refractivity contribution is 7.85. The molecule has 0 fully saturated rings. The molecule has 0 atom stereocenters. The van der Waals surface area contributed by atoms with Crippen LogP contribution in [-0.2, 0) is 14.9 Å². The number of rotatable bonds is 2. The molecule has 8 heteroatoms. The van der Waals surface area contributed by atoms with Gasteiger partial charge in [0.2, 0.25) is 0 Å². The number of phenols is 1. The van der Waals surface area contributed by atoms with E-state index in [9.17, 15) is 8.42 Å². The molecule has 2 rings (SSSR count). The Bertz CT molecular complexity index is 670. The first kappa shape index (κ1) is 19.4. The fraction of sp³-hybridized carbons (Fsp3) is 0.0714. The molecule has 2 aromatic rings. The fourth-order valence-electron chi connectivity index (χ4n) is 1.27. The van der Waals surface area contributed by atoms with Crippen LogP contribution < -0.4 is 10.5 Å². The lowest BCUT2D eigenvalue weighted by molar-refractivity contribution is -0.0980. The molecule has 0 radical (unpaired) electrons. The van der Waals surface area contributed by atoms with Gasteiger partial charge in [-0.25, -0.2) is 0 Å². The van der Waals surface area contributed by atoms with Crippen LogP contribution in [0.5, 0.6) is 11.5 Å². The number of nitrogen functional groups attached to an aromatic ring is 1. The topological polar surface area (TPSA) is 127 Å². The zero-order chi connectivity index (χ0) is 17.2. The number of methoxy groups -OCH3 is 1. The second kappa shape index (κ2) is 9.37. The molecule has 120 valence electrons. The Labute approximate surface area is 128 Å². The SMILES string of the molecule is C=O.COc1ccccc1O.Nc1ccc(S(=O)(=O)O)cc1. The molecular weight excluding hydrogens is 310 g/mol. The molecular formula is C14H17NO6S. The minimum absolute atomic E-state index is 0.147. The number of nitrogens with two attached hydrogens (primary N) is 1. The number of phenolic OH excluding ortho intramolecular Hbond substituents is 1. The van der Waals surface area contributed by atoms with Crippen molar-refractivity contribution in [3.63, 3.8) is 0 Å². The summed E-state index contributed by atoms with van der Waals surface area (Å²) in [5, 5.41) is 8.99. The molecule has 0 amide bonds.